The Labute approximate surface area is 65.6 Å². The van der Waals surface area contributed by atoms with Gasteiger partial charge in [-0.05, 0) is 12.8 Å². The SMILES string of the molecule is N#CCNS(=O)(=O)NC1CC1. The van der Waals surface area contributed by atoms with Crippen LogP contribution in [0.4, 0.5) is 0 Å². The van der Waals surface area contributed by atoms with Crippen LogP contribution in [0.15, 0.2) is 0 Å². The lowest BCUT2D eigenvalue weighted by Crippen LogP contribution is -2.37. The third-order valence-electron chi connectivity index (χ3n) is 1.24. The monoisotopic (exact) mass is 175 g/mol. The standard InChI is InChI=1S/C5H9N3O2S/c6-3-4-7-11(9,10)8-5-1-2-5/h5,7-8H,1-2,4H2. The Morgan fingerprint density at radius 1 is 1.55 bits per heavy atom. The van der Waals surface area contributed by atoms with Gasteiger partial charge < -0.3 is 0 Å². The van der Waals surface area contributed by atoms with Crippen molar-refractivity contribution in [1.29, 1.82) is 5.26 Å². The molecule has 1 rings (SSSR count). The van der Waals surface area contributed by atoms with Crippen LogP contribution in [0.2, 0.25) is 0 Å². The van der Waals surface area contributed by atoms with Crippen LogP contribution in [0.3, 0.4) is 0 Å². The molecule has 0 radical (unpaired) electrons. The first-order chi connectivity index (χ1) is 5.14. The van der Waals surface area contributed by atoms with Crippen molar-refractivity contribution in [2.24, 2.45) is 0 Å². The van der Waals surface area contributed by atoms with E-state index in [1.165, 1.54) is 0 Å². The highest BCUT2D eigenvalue weighted by molar-refractivity contribution is 7.87. The molecule has 0 amide bonds. The van der Waals surface area contributed by atoms with Gasteiger partial charge in [0, 0.05) is 6.04 Å². The molecule has 1 aliphatic rings. The van der Waals surface area contributed by atoms with Crippen molar-refractivity contribution in [3.63, 3.8) is 0 Å². The number of hydrogen-bond acceptors (Lipinski definition) is 3. The molecule has 1 fully saturated rings. The molecule has 2 N–H and O–H groups in total. The summed E-state index contributed by atoms with van der Waals surface area (Å²) in [6, 6.07) is 1.78. The zero-order valence-electron chi connectivity index (χ0n) is 5.87. The van der Waals surface area contributed by atoms with Gasteiger partial charge in [0.2, 0.25) is 0 Å². The molecule has 0 aromatic rings. The molecule has 0 aliphatic heterocycles. The maximum atomic E-state index is 10.9. The van der Waals surface area contributed by atoms with E-state index in [0.29, 0.717) is 0 Å². The molecular formula is C5H9N3O2S. The molecule has 62 valence electrons. The van der Waals surface area contributed by atoms with Gasteiger partial charge in [-0.3, -0.25) is 0 Å². The molecular weight excluding hydrogens is 166 g/mol. The van der Waals surface area contributed by atoms with Crippen molar-refractivity contribution in [2.75, 3.05) is 6.54 Å². The number of nitriles is 1. The summed E-state index contributed by atoms with van der Waals surface area (Å²) in [4.78, 5) is 0. The molecule has 0 heterocycles. The van der Waals surface area contributed by atoms with Crippen LogP contribution in [0.25, 0.3) is 0 Å². The first-order valence-electron chi connectivity index (χ1n) is 3.28. The summed E-state index contributed by atoms with van der Waals surface area (Å²) in [5.74, 6) is 0. The lowest BCUT2D eigenvalue weighted by molar-refractivity contribution is 0.570. The summed E-state index contributed by atoms with van der Waals surface area (Å²) in [6.07, 6.45) is 1.79. The minimum absolute atomic E-state index is 0.0891. The van der Waals surface area contributed by atoms with E-state index >= 15 is 0 Å². The van der Waals surface area contributed by atoms with Gasteiger partial charge in [-0.1, -0.05) is 0 Å². The van der Waals surface area contributed by atoms with Crippen LogP contribution >= 0.6 is 0 Å². The molecule has 1 aliphatic carbocycles. The molecule has 0 aromatic carbocycles. The van der Waals surface area contributed by atoms with Gasteiger partial charge in [-0.25, -0.2) is 0 Å². The van der Waals surface area contributed by atoms with Crippen LogP contribution < -0.4 is 9.44 Å². The van der Waals surface area contributed by atoms with E-state index in [4.69, 9.17) is 5.26 Å². The smallest absolute Gasteiger partial charge is 0.199 e. The first-order valence-corrected chi connectivity index (χ1v) is 4.76. The van der Waals surface area contributed by atoms with E-state index in [1.54, 1.807) is 6.07 Å². The Kier molecular flexibility index (Phi) is 2.44. The molecule has 0 atom stereocenters. The van der Waals surface area contributed by atoms with Crippen molar-refractivity contribution in [2.45, 2.75) is 18.9 Å². The maximum Gasteiger partial charge on any atom is 0.278 e. The molecule has 0 spiro atoms. The number of nitrogens with zero attached hydrogens (tertiary/aromatic N) is 1. The third kappa shape index (κ3) is 3.32. The van der Waals surface area contributed by atoms with E-state index in [2.05, 4.69) is 9.44 Å². The first kappa shape index (κ1) is 8.46. The summed E-state index contributed by atoms with van der Waals surface area (Å²) >= 11 is 0. The quantitative estimate of drug-likeness (QED) is 0.543. The largest absolute Gasteiger partial charge is 0.278 e. The number of nitrogens with one attached hydrogen (secondary N) is 2. The Hall–Kier alpha value is -0.640. The van der Waals surface area contributed by atoms with Crippen molar-refractivity contribution in [3.05, 3.63) is 0 Å². The summed E-state index contributed by atoms with van der Waals surface area (Å²) in [5.41, 5.74) is 0. The van der Waals surface area contributed by atoms with Crippen molar-refractivity contribution < 1.29 is 8.42 Å². The van der Waals surface area contributed by atoms with Crippen LogP contribution in [0.5, 0.6) is 0 Å². The molecule has 0 bridgehead atoms. The lowest BCUT2D eigenvalue weighted by atomic mass is 10.8. The summed E-state index contributed by atoms with van der Waals surface area (Å²) in [6.45, 7) is -0.179. The second-order valence-corrected chi connectivity index (χ2v) is 3.91. The fraction of sp³-hybridized carbons (Fsp3) is 0.800. The highest BCUT2D eigenvalue weighted by atomic mass is 32.2. The average Bonchev–Trinajstić information content (AvgIpc) is 2.67. The topological polar surface area (TPSA) is 82.0 Å². The second-order valence-electron chi connectivity index (χ2n) is 2.37. The average molecular weight is 175 g/mol. The predicted molar refractivity (Wildman–Crippen MR) is 38.7 cm³/mol. The molecule has 11 heavy (non-hydrogen) atoms. The van der Waals surface area contributed by atoms with Crippen LogP contribution in [-0.4, -0.2) is 21.0 Å². The Morgan fingerprint density at radius 2 is 2.18 bits per heavy atom. The number of hydrogen-bond donors (Lipinski definition) is 2. The normalized spacial score (nSPS) is 17.7. The Balaban J connectivity index is 2.33. The van der Waals surface area contributed by atoms with Gasteiger partial charge in [-0.15, -0.1) is 0 Å². The van der Waals surface area contributed by atoms with Gasteiger partial charge in [-0.2, -0.15) is 23.1 Å². The Morgan fingerprint density at radius 3 is 2.64 bits per heavy atom. The fourth-order valence-corrected chi connectivity index (χ4v) is 1.60. The van der Waals surface area contributed by atoms with E-state index in [9.17, 15) is 8.42 Å². The van der Waals surface area contributed by atoms with Gasteiger partial charge >= 0.3 is 0 Å². The van der Waals surface area contributed by atoms with Gasteiger partial charge in [0.25, 0.3) is 10.2 Å². The molecule has 0 unspecified atom stereocenters. The summed E-state index contributed by atoms with van der Waals surface area (Å²) in [7, 11) is -3.40. The van der Waals surface area contributed by atoms with Gasteiger partial charge in [0.15, 0.2) is 0 Å². The second kappa shape index (κ2) is 3.17. The van der Waals surface area contributed by atoms with Gasteiger partial charge in [0.05, 0.1) is 12.6 Å². The molecule has 0 aromatic heterocycles. The number of rotatable bonds is 4. The third-order valence-corrected chi connectivity index (χ3v) is 2.41. The summed E-state index contributed by atoms with van der Waals surface area (Å²) < 4.78 is 26.2. The molecule has 6 heteroatoms. The van der Waals surface area contributed by atoms with Crippen LogP contribution in [-0.2, 0) is 10.2 Å². The zero-order valence-corrected chi connectivity index (χ0v) is 6.69. The van der Waals surface area contributed by atoms with Crippen LogP contribution in [0, 0.1) is 11.3 Å². The Bertz CT molecular complexity index is 262. The molecule has 1 saturated carbocycles. The van der Waals surface area contributed by atoms with Gasteiger partial charge in [0.1, 0.15) is 0 Å². The van der Waals surface area contributed by atoms with E-state index in [1.807, 2.05) is 0 Å². The fourth-order valence-electron chi connectivity index (χ4n) is 0.590. The van der Waals surface area contributed by atoms with E-state index in [0.717, 1.165) is 12.8 Å². The molecule has 0 saturated heterocycles. The predicted octanol–water partition coefficient (Wildman–Crippen LogP) is -0.904. The van der Waals surface area contributed by atoms with Crippen molar-refractivity contribution in [1.82, 2.24) is 9.44 Å². The molecule has 5 nitrogen and oxygen atoms in total. The highest BCUT2D eigenvalue weighted by Gasteiger charge is 2.26. The highest BCUT2D eigenvalue weighted by Crippen LogP contribution is 2.19. The lowest BCUT2D eigenvalue weighted by Gasteiger charge is -2.02. The maximum absolute atomic E-state index is 10.9. The summed E-state index contributed by atoms with van der Waals surface area (Å²) in [5, 5.41) is 8.07. The van der Waals surface area contributed by atoms with E-state index in [-0.39, 0.29) is 12.6 Å². The van der Waals surface area contributed by atoms with Crippen molar-refractivity contribution >= 4 is 10.2 Å². The minimum atomic E-state index is -3.40. The zero-order chi connectivity index (χ0) is 8.32. The van der Waals surface area contributed by atoms with Crippen LogP contribution in [0.1, 0.15) is 12.8 Å². The van der Waals surface area contributed by atoms with Crippen molar-refractivity contribution in [3.8, 4) is 6.07 Å². The van der Waals surface area contributed by atoms with E-state index < -0.39 is 10.2 Å². The minimum Gasteiger partial charge on any atom is -0.199 e.